The van der Waals surface area contributed by atoms with Crippen LogP contribution < -0.4 is 10.6 Å². The summed E-state index contributed by atoms with van der Waals surface area (Å²) in [6, 6.07) is 8.86. The van der Waals surface area contributed by atoms with Gasteiger partial charge in [-0.15, -0.1) is 11.3 Å². The molecule has 0 amide bonds. The van der Waals surface area contributed by atoms with Crippen LogP contribution in [-0.2, 0) is 0 Å². The van der Waals surface area contributed by atoms with Gasteiger partial charge in [-0.2, -0.15) is 0 Å². The van der Waals surface area contributed by atoms with Gasteiger partial charge in [0.15, 0.2) is 0 Å². The molecular formula is C12H16N2S. The van der Waals surface area contributed by atoms with Crippen molar-refractivity contribution in [3.05, 3.63) is 29.6 Å². The number of anilines is 1. The normalized spacial score (nSPS) is 13.0. The zero-order valence-corrected chi connectivity index (χ0v) is 9.92. The van der Waals surface area contributed by atoms with Crippen molar-refractivity contribution in [2.24, 2.45) is 5.73 Å². The highest BCUT2D eigenvalue weighted by atomic mass is 32.1. The lowest BCUT2D eigenvalue weighted by Gasteiger charge is -2.25. The number of thiophene rings is 1. The Hall–Kier alpha value is -1.06. The average Bonchev–Trinajstić information content (AvgIpc) is 2.70. The molecule has 2 N–H and O–H groups in total. The van der Waals surface area contributed by atoms with Gasteiger partial charge >= 0.3 is 0 Å². The molecule has 15 heavy (non-hydrogen) atoms. The molecule has 80 valence electrons. The second-order valence-corrected chi connectivity index (χ2v) is 4.72. The average molecular weight is 220 g/mol. The van der Waals surface area contributed by atoms with Gasteiger partial charge in [-0.1, -0.05) is 18.2 Å². The Morgan fingerprint density at radius 2 is 2.13 bits per heavy atom. The van der Waals surface area contributed by atoms with Crippen LogP contribution in [0.4, 0.5) is 5.69 Å². The van der Waals surface area contributed by atoms with Crippen molar-refractivity contribution < 1.29 is 0 Å². The van der Waals surface area contributed by atoms with E-state index < -0.39 is 0 Å². The molecule has 1 aromatic heterocycles. The summed E-state index contributed by atoms with van der Waals surface area (Å²) in [7, 11) is 2.10. The number of benzene rings is 1. The summed E-state index contributed by atoms with van der Waals surface area (Å²) >= 11 is 1.79. The quantitative estimate of drug-likeness (QED) is 0.861. The van der Waals surface area contributed by atoms with Crippen LogP contribution in [-0.4, -0.2) is 19.6 Å². The van der Waals surface area contributed by atoms with Crippen LogP contribution in [0.15, 0.2) is 29.6 Å². The minimum Gasteiger partial charge on any atom is -0.369 e. The van der Waals surface area contributed by atoms with Gasteiger partial charge in [0.25, 0.3) is 0 Å². The van der Waals surface area contributed by atoms with Crippen LogP contribution in [0.1, 0.15) is 6.92 Å². The fourth-order valence-electron chi connectivity index (χ4n) is 1.63. The maximum atomic E-state index is 5.68. The Balaban J connectivity index is 2.43. The molecule has 0 radical (unpaired) electrons. The van der Waals surface area contributed by atoms with Crippen molar-refractivity contribution in [3.63, 3.8) is 0 Å². The zero-order valence-electron chi connectivity index (χ0n) is 9.10. The molecule has 0 saturated heterocycles. The van der Waals surface area contributed by atoms with E-state index in [0.717, 1.165) is 0 Å². The van der Waals surface area contributed by atoms with E-state index in [-0.39, 0.29) is 0 Å². The van der Waals surface area contributed by atoms with E-state index in [1.54, 1.807) is 11.3 Å². The Morgan fingerprint density at radius 1 is 1.40 bits per heavy atom. The number of nitrogens with zero attached hydrogens (tertiary/aromatic N) is 1. The molecule has 2 nitrogen and oxygen atoms in total. The highest BCUT2D eigenvalue weighted by molar-refractivity contribution is 7.17. The third-order valence-corrected chi connectivity index (χ3v) is 3.79. The third-order valence-electron chi connectivity index (χ3n) is 2.84. The molecule has 0 aliphatic rings. The summed E-state index contributed by atoms with van der Waals surface area (Å²) in [5.74, 6) is 0. The lowest BCUT2D eigenvalue weighted by atomic mass is 10.2. The van der Waals surface area contributed by atoms with E-state index in [4.69, 9.17) is 5.73 Å². The number of likely N-dealkylation sites (N-methyl/N-ethyl adjacent to an activating group) is 1. The first-order chi connectivity index (χ1) is 7.24. The summed E-state index contributed by atoms with van der Waals surface area (Å²) in [5.41, 5.74) is 6.97. The van der Waals surface area contributed by atoms with Crippen molar-refractivity contribution in [1.82, 2.24) is 0 Å². The van der Waals surface area contributed by atoms with Crippen LogP contribution >= 0.6 is 11.3 Å². The monoisotopic (exact) mass is 220 g/mol. The molecule has 2 aromatic rings. The third kappa shape index (κ3) is 1.85. The summed E-state index contributed by atoms with van der Waals surface area (Å²) in [5, 5.41) is 3.53. The fraction of sp³-hybridized carbons (Fsp3) is 0.333. The van der Waals surface area contributed by atoms with E-state index >= 15 is 0 Å². The van der Waals surface area contributed by atoms with E-state index in [0.29, 0.717) is 12.6 Å². The number of hydrogen-bond acceptors (Lipinski definition) is 3. The largest absolute Gasteiger partial charge is 0.369 e. The van der Waals surface area contributed by atoms with Crippen molar-refractivity contribution in [2.45, 2.75) is 13.0 Å². The molecule has 0 saturated carbocycles. The first-order valence-corrected chi connectivity index (χ1v) is 6.01. The standard InChI is InChI=1S/C12H16N2S/c1-9(7-13)14(2)11-8-15-12-6-4-3-5-10(11)12/h3-6,8-9H,7,13H2,1-2H3. The van der Waals surface area contributed by atoms with Crippen molar-refractivity contribution in [3.8, 4) is 0 Å². The summed E-state index contributed by atoms with van der Waals surface area (Å²) in [6.07, 6.45) is 0. The molecule has 0 aliphatic carbocycles. The minimum atomic E-state index is 0.378. The molecule has 1 unspecified atom stereocenters. The second kappa shape index (κ2) is 4.21. The Kier molecular flexibility index (Phi) is 2.93. The van der Waals surface area contributed by atoms with E-state index in [1.165, 1.54) is 15.8 Å². The van der Waals surface area contributed by atoms with Crippen LogP contribution in [0.5, 0.6) is 0 Å². The predicted octanol–water partition coefficient (Wildman–Crippen LogP) is 2.68. The Labute approximate surface area is 94.3 Å². The van der Waals surface area contributed by atoms with Crippen LogP contribution in [0.2, 0.25) is 0 Å². The number of fused-ring (bicyclic) bond motifs is 1. The smallest absolute Gasteiger partial charge is 0.0555 e. The molecule has 0 aliphatic heterocycles. The van der Waals surface area contributed by atoms with Gasteiger partial charge < -0.3 is 10.6 Å². The summed E-state index contributed by atoms with van der Waals surface area (Å²) in [4.78, 5) is 2.25. The van der Waals surface area contributed by atoms with Gasteiger partial charge in [-0.25, -0.2) is 0 Å². The molecule has 1 aromatic carbocycles. The maximum absolute atomic E-state index is 5.68. The van der Waals surface area contributed by atoms with E-state index in [2.05, 4.69) is 48.5 Å². The lowest BCUT2D eigenvalue weighted by Crippen LogP contribution is -2.35. The van der Waals surface area contributed by atoms with Gasteiger partial charge in [-0.05, 0) is 13.0 Å². The topological polar surface area (TPSA) is 29.3 Å². The molecule has 0 fully saturated rings. The number of nitrogens with two attached hydrogens (primary N) is 1. The van der Waals surface area contributed by atoms with Crippen LogP contribution in [0, 0.1) is 0 Å². The van der Waals surface area contributed by atoms with Crippen LogP contribution in [0.25, 0.3) is 10.1 Å². The number of rotatable bonds is 3. The Morgan fingerprint density at radius 3 is 2.87 bits per heavy atom. The molecule has 1 heterocycles. The SMILES string of the molecule is CC(CN)N(C)c1csc2ccccc12. The first-order valence-electron chi connectivity index (χ1n) is 5.13. The highest BCUT2D eigenvalue weighted by Gasteiger charge is 2.12. The number of hydrogen-bond donors (Lipinski definition) is 1. The van der Waals surface area contributed by atoms with Crippen molar-refractivity contribution in [2.75, 3.05) is 18.5 Å². The fourth-order valence-corrected chi connectivity index (χ4v) is 2.62. The van der Waals surface area contributed by atoms with Crippen molar-refractivity contribution >= 4 is 27.1 Å². The zero-order chi connectivity index (χ0) is 10.8. The predicted molar refractivity (Wildman–Crippen MR) is 68.7 cm³/mol. The molecule has 0 bridgehead atoms. The maximum Gasteiger partial charge on any atom is 0.0555 e. The van der Waals surface area contributed by atoms with Crippen LogP contribution in [0.3, 0.4) is 0 Å². The Bertz CT molecular complexity index is 450. The summed E-state index contributed by atoms with van der Waals surface area (Å²) in [6.45, 7) is 2.83. The van der Waals surface area contributed by atoms with Gasteiger partial charge in [0.05, 0.1) is 5.69 Å². The molecule has 1 atom stereocenters. The van der Waals surface area contributed by atoms with E-state index in [9.17, 15) is 0 Å². The first kappa shape index (κ1) is 10.5. The van der Waals surface area contributed by atoms with E-state index in [1.807, 2.05) is 0 Å². The van der Waals surface area contributed by atoms with Gasteiger partial charge in [-0.3, -0.25) is 0 Å². The molecule has 3 heteroatoms. The second-order valence-electron chi connectivity index (χ2n) is 3.81. The molecule has 2 rings (SSSR count). The highest BCUT2D eigenvalue weighted by Crippen LogP contribution is 2.32. The minimum absolute atomic E-state index is 0.378. The lowest BCUT2D eigenvalue weighted by molar-refractivity contribution is 0.698. The van der Waals surface area contributed by atoms with Gasteiger partial charge in [0, 0.05) is 35.1 Å². The van der Waals surface area contributed by atoms with Crippen molar-refractivity contribution in [1.29, 1.82) is 0 Å². The summed E-state index contributed by atoms with van der Waals surface area (Å²) < 4.78 is 1.34. The molecule has 0 spiro atoms. The molecular weight excluding hydrogens is 204 g/mol. The van der Waals surface area contributed by atoms with Gasteiger partial charge in [0.1, 0.15) is 0 Å². The van der Waals surface area contributed by atoms with Gasteiger partial charge in [0.2, 0.25) is 0 Å².